The molecular formula is C11H16N2O4. The number of esters is 1. The van der Waals surface area contributed by atoms with Crippen molar-refractivity contribution in [1.29, 1.82) is 0 Å². The Morgan fingerprint density at radius 3 is 2.71 bits per heavy atom. The maximum Gasteiger partial charge on any atom is 0.330 e. The van der Waals surface area contributed by atoms with E-state index in [-0.39, 0.29) is 6.54 Å². The molecule has 0 aromatic carbocycles. The van der Waals surface area contributed by atoms with Crippen molar-refractivity contribution < 1.29 is 19.1 Å². The predicted octanol–water partition coefficient (Wildman–Crippen LogP) is -0.562. The lowest BCUT2D eigenvalue weighted by atomic mass is 9.89. The molecule has 1 rings (SSSR count). The molecule has 0 saturated carbocycles. The zero-order valence-corrected chi connectivity index (χ0v) is 9.93. The molecule has 0 aromatic rings. The van der Waals surface area contributed by atoms with E-state index < -0.39 is 29.3 Å². The van der Waals surface area contributed by atoms with Crippen LogP contribution in [-0.2, 0) is 19.1 Å². The van der Waals surface area contributed by atoms with E-state index in [1.54, 1.807) is 13.8 Å². The molecule has 0 spiro atoms. The van der Waals surface area contributed by atoms with E-state index in [1.807, 2.05) is 0 Å². The maximum atomic E-state index is 11.9. The zero-order valence-electron chi connectivity index (χ0n) is 9.93. The molecule has 1 fully saturated rings. The fraction of sp³-hybridized carbons (Fsp3) is 0.545. The highest BCUT2D eigenvalue weighted by molar-refractivity contribution is 5.91. The summed E-state index contributed by atoms with van der Waals surface area (Å²) >= 11 is 0. The molecule has 17 heavy (non-hydrogen) atoms. The second-order valence-electron chi connectivity index (χ2n) is 4.67. The monoisotopic (exact) mass is 240 g/mol. The first-order valence-electron chi connectivity index (χ1n) is 5.18. The number of rotatable bonds is 4. The Kier molecular flexibility index (Phi) is 3.55. The largest absolute Gasteiger partial charge is 0.448 e. The minimum absolute atomic E-state index is 0.162. The van der Waals surface area contributed by atoms with Gasteiger partial charge in [0, 0.05) is 18.0 Å². The summed E-state index contributed by atoms with van der Waals surface area (Å²) in [4.78, 5) is 35.1. The van der Waals surface area contributed by atoms with E-state index in [0.29, 0.717) is 6.54 Å². The van der Waals surface area contributed by atoms with Crippen LogP contribution in [0.3, 0.4) is 0 Å². The summed E-state index contributed by atoms with van der Waals surface area (Å²) in [6, 6.07) is 0. The van der Waals surface area contributed by atoms with Gasteiger partial charge in [0.25, 0.3) is 5.91 Å². The lowest BCUT2D eigenvalue weighted by molar-refractivity contribution is -0.156. The standard InChI is InChI=1S/C11H16N2O4/c1-4-8(15)17-9-10(16)13(5-7(12)14)6-11(9,2)3/h4,9H,1,5-6H2,2-3H3,(H2,12,14). The number of amides is 2. The van der Waals surface area contributed by atoms with Gasteiger partial charge in [0.2, 0.25) is 5.91 Å². The number of nitrogens with two attached hydrogens (primary N) is 1. The van der Waals surface area contributed by atoms with Gasteiger partial charge in [0.05, 0.1) is 6.54 Å². The molecule has 0 aliphatic carbocycles. The minimum Gasteiger partial charge on any atom is -0.448 e. The molecule has 2 amide bonds. The SMILES string of the molecule is C=CC(=O)OC1C(=O)N(CC(N)=O)CC1(C)C. The number of primary amides is 1. The zero-order chi connectivity index (χ0) is 13.2. The Hall–Kier alpha value is -1.85. The van der Waals surface area contributed by atoms with Crippen molar-refractivity contribution >= 4 is 17.8 Å². The topological polar surface area (TPSA) is 89.7 Å². The first-order valence-corrected chi connectivity index (χ1v) is 5.18. The quantitative estimate of drug-likeness (QED) is 0.526. The first kappa shape index (κ1) is 13.2. The molecule has 1 heterocycles. The molecule has 1 aliphatic rings. The molecule has 1 aliphatic heterocycles. The third kappa shape index (κ3) is 2.83. The van der Waals surface area contributed by atoms with Crippen LogP contribution in [0, 0.1) is 5.41 Å². The third-order valence-corrected chi connectivity index (χ3v) is 2.59. The van der Waals surface area contributed by atoms with E-state index in [4.69, 9.17) is 10.5 Å². The highest BCUT2D eigenvalue weighted by Gasteiger charge is 2.48. The van der Waals surface area contributed by atoms with Gasteiger partial charge in [-0.15, -0.1) is 0 Å². The average Bonchev–Trinajstić information content (AvgIpc) is 2.40. The maximum absolute atomic E-state index is 11.9. The van der Waals surface area contributed by atoms with Crippen LogP contribution < -0.4 is 5.73 Å². The summed E-state index contributed by atoms with van der Waals surface area (Å²) in [5.74, 6) is -1.65. The van der Waals surface area contributed by atoms with E-state index in [9.17, 15) is 14.4 Å². The highest BCUT2D eigenvalue weighted by Crippen LogP contribution is 2.32. The van der Waals surface area contributed by atoms with E-state index in [1.165, 1.54) is 4.90 Å². The molecule has 0 bridgehead atoms. The highest BCUT2D eigenvalue weighted by atomic mass is 16.5. The fourth-order valence-corrected chi connectivity index (χ4v) is 1.85. The summed E-state index contributed by atoms with van der Waals surface area (Å²) in [6.45, 7) is 7.00. The molecule has 6 nitrogen and oxygen atoms in total. The van der Waals surface area contributed by atoms with Gasteiger partial charge >= 0.3 is 5.97 Å². The molecule has 0 aromatic heterocycles. The first-order chi connectivity index (χ1) is 7.77. The van der Waals surface area contributed by atoms with Crippen molar-refractivity contribution in [2.75, 3.05) is 13.1 Å². The van der Waals surface area contributed by atoms with Crippen molar-refractivity contribution in [3.63, 3.8) is 0 Å². The molecule has 1 atom stereocenters. The van der Waals surface area contributed by atoms with Crippen molar-refractivity contribution in [1.82, 2.24) is 4.90 Å². The average molecular weight is 240 g/mol. The van der Waals surface area contributed by atoms with Crippen molar-refractivity contribution in [3.05, 3.63) is 12.7 Å². The molecular weight excluding hydrogens is 224 g/mol. The van der Waals surface area contributed by atoms with Crippen LogP contribution in [-0.4, -0.2) is 41.9 Å². The normalized spacial score (nSPS) is 22.4. The van der Waals surface area contributed by atoms with Crippen LogP contribution in [0.25, 0.3) is 0 Å². The van der Waals surface area contributed by atoms with Crippen LogP contribution >= 0.6 is 0 Å². The van der Waals surface area contributed by atoms with Gasteiger partial charge in [0.1, 0.15) is 0 Å². The van der Waals surface area contributed by atoms with Gasteiger partial charge in [-0.05, 0) is 0 Å². The van der Waals surface area contributed by atoms with Gasteiger partial charge in [-0.3, -0.25) is 9.59 Å². The molecule has 94 valence electrons. The predicted molar refractivity (Wildman–Crippen MR) is 59.6 cm³/mol. The summed E-state index contributed by atoms with van der Waals surface area (Å²) in [6.07, 6.45) is 0.104. The number of likely N-dealkylation sites (tertiary alicyclic amines) is 1. The van der Waals surface area contributed by atoms with Crippen molar-refractivity contribution in [2.24, 2.45) is 11.1 Å². The number of hydrogen-bond acceptors (Lipinski definition) is 4. The lowest BCUT2D eigenvalue weighted by Gasteiger charge is -2.22. The Morgan fingerprint density at radius 2 is 2.24 bits per heavy atom. The molecule has 0 radical (unpaired) electrons. The summed E-state index contributed by atoms with van der Waals surface area (Å²) in [5, 5.41) is 0. The Morgan fingerprint density at radius 1 is 1.65 bits per heavy atom. The second kappa shape index (κ2) is 4.57. The van der Waals surface area contributed by atoms with Crippen LogP contribution in [0.4, 0.5) is 0 Å². The number of ether oxygens (including phenoxy) is 1. The van der Waals surface area contributed by atoms with Crippen LogP contribution in [0.5, 0.6) is 0 Å². The Bertz CT molecular complexity index is 376. The second-order valence-corrected chi connectivity index (χ2v) is 4.67. The van der Waals surface area contributed by atoms with Crippen LogP contribution in [0.1, 0.15) is 13.8 Å². The van der Waals surface area contributed by atoms with E-state index >= 15 is 0 Å². The number of carbonyl (C=O) groups is 3. The number of carbonyl (C=O) groups excluding carboxylic acids is 3. The fourth-order valence-electron chi connectivity index (χ4n) is 1.85. The molecule has 6 heteroatoms. The lowest BCUT2D eigenvalue weighted by Crippen LogP contribution is -2.38. The van der Waals surface area contributed by atoms with Gasteiger partial charge in [0.15, 0.2) is 6.10 Å². The van der Waals surface area contributed by atoms with Crippen molar-refractivity contribution in [2.45, 2.75) is 20.0 Å². The van der Waals surface area contributed by atoms with Crippen molar-refractivity contribution in [3.8, 4) is 0 Å². The molecule has 1 unspecified atom stereocenters. The van der Waals surface area contributed by atoms with Crippen LogP contribution in [0.2, 0.25) is 0 Å². The van der Waals surface area contributed by atoms with Gasteiger partial charge in [-0.1, -0.05) is 20.4 Å². The number of nitrogens with zero attached hydrogens (tertiary/aromatic N) is 1. The Balaban J connectivity index is 2.83. The minimum atomic E-state index is -0.896. The number of hydrogen-bond donors (Lipinski definition) is 1. The summed E-state index contributed by atoms with van der Waals surface area (Å²) in [7, 11) is 0. The summed E-state index contributed by atoms with van der Waals surface area (Å²) < 4.78 is 5.00. The third-order valence-electron chi connectivity index (χ3n) is 2.59. The van der Waals surface area contributed by atoms with E-state index in [2.05, 4.69) is 6.58 Å². The summed E-state index contributed by atoms with van der Waals surface area (Å²) in [5.41, 5.74) is 4.49. The molecule has 2 N–H and O–H groups in total. The van der Waals surface area contributed by atoms with Gasteiger partial charge in [-0.25, -0.2) is 4.79 Å². The van der Waals surface area contributed by atoms with E-state index in [0.717, 1.165) is 6.08 Å². The smallest absolute Gasteiger partial charge is 0.330 e. The molecule has 1 saturated heterocycles. The van der Waals surface area contributed by atoms with Crippen LogP contribution in [0.15, 0.2) is 12.7 Å². The Labute approximate surface area is 99.4 Å². The van der Waals surface area contributed by atoms with Gasteiger partial charge < -0.3 is 15.4 Å². The van der Waals surface area contributed by atoms with Gasteiger partial charge in [-0.2, -0.15) is 0 Å².